The van der Waals surface area contributed by atoms with E-state index in [1.807, 2.05) is 0 Å². The fourth-order valence-corrected chi connectivity index (χ4v) is 1.73. The minimum atomic E-state index is -0.801. The van der Waals surface area contributed by atoms with Crippen LogP contribution < -0.4 is 5.73 Å². The van der Waals surface area contributed by atoms with Gasteiger partial charge in [-0.05, 0) is 19.3 Å². The molecule has 1 rings (SSSR count). The van der Waals surface area contributed by atoms with Crippen molar-refractivity contribution >= 4 is 11.9 Å². The van der Waals surface area contributed by atoms with Crippen LogP contribution in [-0.4, -0.2) is 41.0 Å². The fraction of sp³-hybridized carbons (Fsp3) is 0.778. The molecule has 1 amide bonds. The molecular weight excluding hydrogens is 184 g/mol. The van der Waals surface area contributed by atoms with Gasteiger partial charge in [-0.1, -0.05) is 0 Å². The average Bonchev–Trinajstić information content (AvgIpc) is 2.50. The van der Waals surface area contributed by atoms with Crippen molar-refractivity contribution < 1.29 is 14.7 Å². The van der Waals surface area contributed by atoms with Gasteiger partial charge in [0.2, 0.25) is 5.91 Å². The molecule has 0 saturated carbocycles. The summed E-state index contributed by atoms with van der Waals surface area (Å²) in [6, 6.07) is -0.487. The van der Waals surface area contributed by atoms with Crippen LogP contribution in [0.3, 0.4) is 0 Å². The largest absolute Gasteiger partial charge is 0.481 e. The van der Waals surface area contributed by atoms with Crippen molar-refractivity contribution in [2.45, 2.75) is 25.8 Å². The lowest BCUT2D eigenvalue weighted by Gasteiger charge is -2.18. The van der Waals surface area contributed by atoms with E-state index in [0.29, 0.717) is 13.1 Å². The van der Waals surface area contributed by atoms with Crippen LogP contribution in [0.25, 0.3) is 0 Å². The van der Waals surface area contributed by atoms with E-state index in [2.05, 4.69) is 0 Å². The summed E-state index contributed by atoms with van der Waals surface area (Å²) in [6.45, 7) is 2.82. The standard InChI is InChI=1S/C9H16N2O3/c1-6(10)9(14)11-3-2-7(5-11)4-8(12)13/h6-7H,2-5,10H2,1H3,(H,12,13). The molecule has 0 bridgehead atoms. The van der Waals surface area contributed by atoms with Gasteiger partial charge in [0.15, 0.2) is 0 Å². The molecule has 1 saturated heterocycles. The van der Waals surface area contributed by atoms with Gasteiger partial charge in [-0.15, -0.1) is 0 Å². The second kappa shape index (κ2) is 4.41. The number of likely N-dealkylation sites (tertiary alicyclic amines) is 1. The van der Waals surface area contributed by atoms with Gasteiger partial charge in [0, 0.05) is 19.5 Å². The third kappa shape index (κ3) is 2.70. The van der Waals surface area contributed by atoms with Gasteiger partial charge in [0.25, 0.3) is 0 Å². The molecule has 5 nitrogen and oxygen atoms in total. The zero-order valence-electron chi connectivity index (χ0n) is 8.27. The van der Waals surface area contributed by atoms with E-state index in [-0.39, 0.29) is 18.2 Å². The molecule has 5 heteroatoms. The van der Waals surface area contributed by atoms with Gasteiger partial charge in [0.1, 0.15) is 0 Å². The van der Waals surface area contributed by atoms with Gasteiger partial charge in [-0.25, -0.2) is 0 Å². The van der Waals surface area contributed by atoms with Crippen molar-refractivity contribution in [1.82, 2.24) is 4.90 Å². The Balaban J connectivity index is 2.41. The molecule has 0 radical (unpaired) electrons. The number of aliphatic carboxylic acids is 1. The fourth-order valence-electron chi connectivity index (χ4n) is 1.73. The highest BCUT2D eigenvalue weighted by atomic mass is 16.4. The lowest BCUT2D eigenvalue weighted by atomic mass is 10.1. The van der Waals surface area contributed by atoms with Crippen LogP contribution >= 0.6 is 0 Å². The van der Waals surface area contributed by atoms with Gasteiger partial charge < -0.3 is 15.7 Å². The number of rotatable bonds is 3. The van der Waals surface area contributed by atoms with Crippen LogP contribution in [0.5, 0.6) is 0 Å². The zero-order chi connectivity index (χ0) is 10.7. The summed E-state index contributed by atoms with van der Waals surface area (Å²) in [5, 5.41) is 8.58. The van der Waals surface area contributed by atoms with Crippen molar-refractivity contribution in [1.29, 1.82) is 0 Å². The molecule has 2 unspecified atom stereocenters. The van der Waals surface area contributed by atoms with Gasteiger partial charge in [-0.2, -0.15) is 0 Å². The number of carbonyl (C=O) groups excluding carboxylic acids is 1. The summed E-state index contributed by atoms with van der Waals surface area (Å²) >= 11 is 0. The first-order valence-electron chi connectivity index (χ1n) is 4.77. The zero-order valence-corrected chi connectivity index (χ0v) is 8.27. The Hall–Kier alpha value is -1.10. The highest BCUT2D eigenvalue weighted by molar-refractivity contribution is 5.81. The van der Waals surface area contributed by atoms with E-state index in [0.717, 1.165) is 6.42 Å². The molecular formula is C9H16N2O3. The molecule has 1 aliphatic rings. The van der Waals surface area contributed by atoms with Crippen molar-refractivity contribution in [3.8, 4) is 0 Å². The Kier molecular flexibility index (Phi) is 3.46. The molecule has 0 aromatic heterocycles. The quantitative estimate of drug-likeness (QED) is 0.652. The monoisotopic (exact) mass is 200 g/mol. The van der Waals surface area contributed by atoms with Gasteiger partial charge >= 0.3 is 5.97 Å². The van der Waals surface area contributed by atoms with Crippen LogP contribution in [0.2, 0.25) is 0 Å². The Morgan fingerprint density at radius 3 is 2.79 bits per heavy atom. The summed E-state index contributed by atoms with van der Waals surface area (Å²) in [6.07, 6.45) is 0.910. The first-order chi connectivity index (χ1) is 6.50. The van der Waals surface area contributed by atoms with E-state index in [9.17, 15) is 9.59 Å². The Morgan fingerprint density at radius 1 is 1.64 bits per heavy atom. The first-order valence-corrected chi connectivity index (χ1v) is 4.77. The molecule has 3 N–H and O–H groups in total. The van der Waals surface area contributed by atoms with E-state index >= 15 is 0 Å². The number of carbonyl (C=O) groups is 2. The van der Waals surface area contributed by atoms with Crippen LogP contribution in [-0.2, 0) is 9.59 Å². The number of hydrogen-bond acceptors (Lipinski definition) is 3. The molecule has 1 aliphatic heterocycles. The summed E-state index contributed by atoms with van der Waals surface area (Å²) < 4.78 is 0. The number of hydrogen-bond donors (Lipinski definition) is 2. The van der Waals surface area contributed by atoms with Gasteiger partial charge in [-0.3, -0.25) is 9.59 Å². The predicted octanol–water partition coefficient (Wildman–Crippen LogP) is -0.343. The number of amides is 1. The molecule has 1 heterocycles. The first kappa shape index (κ1) is 11.0. The van der Waals surface area contributed by atoms with E-state index in [1.165, 1.54) is 0 Å². The molecule has 1 fully saturated rings. The second-order valence-corrected chi connectivity index (χ2v) is 3.83. The van der Waals surface area contributed by atoms with Crippen molar-refractivity contribution in [2.24, 2.45) is 11.7 Å². The normalized spacial score (nSPS) is 23.6. The van der Waals surface area contributed by atoms with Crippen molar-refractivity contribution in [3.05, 3.63) is 0 Å². The minimum Gasteiger partial charge on any atom is -0.481 e. The lowest BCUT2D eigenvalue weighted by Crippen LogP contribution is -2.40. The number of nitrogens with two attached hydrogens (primary N) is 1. The maximum atomic E-state index is 11.4. The molecule has 0 aromatic rings. The van der Waals surface area contributed by atoms with E-state index in [1.54, 1.807) is 11.8 Å². The molecule has 0 aliphatic carbocycles. The molecule has 2 atom stereocenters. The van der Waals surface area contributed by atoms with Crippen LogP contribution in [0.4, 0.5) is 0 Å². The molecule has 0 aromatic carbocycles. The van der Waals surface area contributed by atoms with Crippen LogP contribution in [0.15, 0.2) is 0 Å². The summed E-state index contributed by atoms with van der Waals surface area (Å²) in [5.74, 6) is -0.793. The lowest BCUT2D eigenvalue weighted by molar-refractivity contribution is -0.138. The number of carboxylic acid groups (broad SMARTS) is 1. The molecule has 0 spiro atoms. The Morgan fingerprint density at radius 2 is 2.29 bits per heavy atom. The summed E-state index contributed by atoms with van der Waals surface area (Å²) in [4.78, 5) is 23.5. The maximum Gasteiger partial charge on any atom is 0.303 e. The Bertz CT molecular complexity index is 240. The topological polar surface area (TPSA) is 83.6 Å². The average molecular weight is 200 g/mol. The van der Waals surface area contributed by atoms with E-state index in [4.69, 9.17) is 10.8 Å². The predicted molar refractivity (Wildman–Crippen MR) is 50.6 cm³/mol. The van der Waals surface area contributed by atoms with E-state index < -0.39 is 12.0 Å². The number of nitrogens with zero attached hydrogens (tertiary/aromatic N) is 1. The highest BCUT2D eigenvalue weighted by Gasteiger charge is 2.28. The second-order valence-electron chi connectivity index (χ2n) is 3.83. The number of carboxylic acids is 1. The Labute approximate surface area is 82.9 Å². The third-order valence-electron chi connectivity index (χ3n) is 2.45. The summed E-state index contributed by atoms with van der Waals surface area (Å²) in [5.41, 5.74) is 5.45. The summed E-state index contributed by atoms with van der Waals surface area (Å²) in [7, 11) is 0. The smallest absolute Gasteiger partial charge is 0.303 e. The van der Waals surface area contributed by atoms with Crippen molar-refractivity contribution in [3.63, 3.8) is 0 Å². The van der Waals surface area contributed by atoms with Gasteiger partial charge in [0.05, 0.1) is 6.04 Å². The van der Waals surface area contributed by atoms with Crippen LogP contribution in [0, 0.1) is 5.92 Å². The van der Waals surface area contributed by atoms with Crippen LogP contribution in [0.1, 0.15) is 19.8 Å². The third-order valence-corrected chi connectivity index (χ3v) is 2.45. The molecule has 14 heavy (non-hydrogen) atoms. The van der Waals surface area contributed by atoms with Crippen molar-refractivity contribution in [2.75, 3.05) is 13.1 Å². The SMILES string of the molecule is CC(N)C(=O)N1CCC(CC(=O)O)C1. The highest BCUT2D eigenvalue weighted by Crippen LogP contribution is 2.19. The minimum absolute atomic E-state index is 0.0853. The molecule has 80 valence electrons. The maximum absolute atomic E-state index is 11.4.